The van der Waals surface area contributed by atoms with Crippen molar-refractivity contribution in [3.63, 3.8) is 0 Å². The molecule has 0 N–H and O–H groups in total. The van der Waals surface area contributed by atoms with E-state index < -0.39 is 0 Å². The number of para-hydroxylation sites is 3. The zero-order chi connectivity index (χ0) is 77.5. The van der Waals surface area contributed by atoms with E-state index in [1.54, 1.807) is 12.1 Å². The van der Waals surface area contributed by atoms with Crippen molar-refractivity contribution in [1.82, 2.24) is 38.0 Å². The van der Waals surface area contributed by atoms with Crippen molar-refractivity contribution >= 4 is 54.9 Å². The van der Waals surface area contributed by atoms with E-state index in [1.807, 2.05) is 85.2 Å². The van der Waals surface area contributed by atoms with Gasteiger partial charge in [-0.05, 0) is 170 Å². The van der Waals surface area contributed by atoms with Crippen molar-refractivity contribution in [3.05, 3.63) is 363 Å². The number of benzene rings is 12. The molecule has 0 aliphatic heterocycles. The molecule has 573 valence electrons. The molecule has 0 aliphatic rings. The monoisotopic (exact) mass is 2020 g/mol. The minimum absolute atomic E-state index is 0. The van der Waals surface area contributed by atoms with Crippen molar-refractivity contribution in [2.45, 2.75) is 110 Å². The van der Waals surface area contributed by atoms with E-state index in [1.165, 1.54) is 94.6 Å². The van der Waals surface area contributed by atoms with E-state index in [2.05, 4.69) is 308 Å². The van der Waals surface area contributed by atoms with Crippen LogP contribution < -0.4 is 0 Å². The fraction of sp³-hybridized carbons (Fsp3) is 0.158. The molecule has 0 saturated carbocycles. The summed E-state index contributed by atoms with van der Waals surface area (Å²) in [5.41, 5.74) is 34.3. The Labute approximate surface area is 709 Å². The summed E-state index contributed by atoms with van der Waals surface area (Å²) in [6.45, 7) is 39.7. The number of aryl methyl sites for hydroxylation is 13. The third-order valence-corrected chi connectivity index (χ3v) is 20.8. The molecule has 12 aromatic carbocycles. The molecule has 18 rings (SSSR count). The third-order valence-electron chi connectivity index (χ3n) is 20.8. The number of nitrogens with zero attached hydrogens (tertiary/aromatic N) is 9. The summed E-state index contributed by atoms with van der Waals surface area (Å²) in [5, 5.41) is 5.70. The fourth-order valence-corrected chi connectivity index (χ4v) is 16.1. The second-order valence-corrected chi connectivity index (χ2v) is 29.7. The molecule has 0 spiro atoms. The molecule has 6 aromatic heterocycles. The Kier molecular flexibility index (Phi) is 25.2. The number of imidazole rings is 4. The maximum Gasteiger partial charge on any atom is 0.144 e. The predicted octanol–water partition coefficient (Wildman–Crippen LogP) is 26.0. The van der Waals surface area contributed by atoms with Crippen LogP contribution in [0.2, 0.25) is 0 Å². The number of aromatic nitrogens is 8. The average Bonchev–Trinajstić information content (AvgIpc) is 1.53. The molecule has 18 aromatic rings. The molecule has 0 aliphatic carbocycles. The van der Waals surface area contributed by atoms with Gasteiger partial charge in [0.1, 0.15) is 16.9 Å². The Morgan fingerprint density at radius 2 is 0.965 bits per heavy atom. The van der Waals surface area contributed by atoms with Crippen LogP contribution in [0.25, 0.3) is 139 Å². The fourth-order valence-electron chi connectivity index (χ4n) is 16.1. The summed E-state index contributed by atoms with van der Waals surface area (Å²) in [7, 11) is 0. The van der Waals surface area contributed by atoms with Crippen LogP contribution in [0.15, 0.2) is 254 Å². The summed E-state index contributed by atoms with van der Waals surface area (Å²) in [6.07, 6.45) is 8.08. The second kappa shape index (κ2) is 35.0. The van der Waals surface area contributed by atoms with E-state index in [4.69, 9.17) is 25.9 Å². The number of hydrogen-bond acceptors (Lipinski definition) is 5. The molecule has 6 heterocycles. The largest absolute Gasteiger partial charge is 0.455 e. The van der Waals surface area contributed by atoms with Gasteiger partial charge in [0.15, 0.2) is 0 Å². The standard InChI is InChI=1S/C31H22N3O.C26H23N2.C26H25N2.C18H17N2.3Ir/c1-19-15-20(2)29(21(3)16-19)34-18-27(33-31(34)22-9-7-10-23(17-22)32-4)26-13-8-12-25-24-11-5-6-14-28(24)35-30(25)26;1-16(2)25-18(4)27-26-23-15-20(19-9-7-8-17(3)14-19)12-13-21(23)22-10-5-6-11-24(22)28(25)26;1-17-13-20(4)25(21(5)14-17)28-16-24(23-12-11-18(2)19(3)15-23)27-26(28)22-9-7-6-8-10-22;1-13-11-14(2)17(15(3)12-13)20-10-9-19-18(20)16-7-5-4-6-8-16;;;/h5-8,10-18H,1-3H3;5-14,16H,1-4H3;6-9,11-16H,1-5H3;4-7,9-12H,1-3H3;;;/q4*-1;;;. The first-order valence-corrected chi connectivity index (χ1v) is 37.8. The van der Waals surface area contributed by atoms with Crippen molar-refractivity contribution in [2.24, 2.45) is 0 Å². The SMILES string of the molecule is Cc1cc(C)c(-n2cc(-c3ccc(C)c(C)c3)nc2-c2[c-]cccc2)c(C)c1.Cc1cc(C)c(-n2ccnc2-c2[c-]cccc2)c(C)c1.Cc1cccc(-c2[c-]c3c(cc2)c2ccccc2n2c(C(C)C)c(C)nc32)c1.[C-]#[N+]c1cc[c-]c(-c2nc(-c3cccc4c3oc3ccccc34)cn2-c2c(C)cc(C)cc2C)c1.[Ir].[Ir].[Ir]. The molecular formula is C101H87Ir3N9O-4. The second-order valence-electron chi connectivity index (χ2n) is 29.7. The minimum Gasteiger partial charge on any atom is -0.455 e. The van der Waals surface area contributed by atoms with Gasteiger partial charge in [0.2, 0.25) is 0 Å². The molecule has 0 amide bonds. The smallest absolute Gasteiger partial charge is 0.144 e. The summed E-state index contributed by atoms with van der Waals surface area (Å²) in [6, 6.07) is 90.7. The minimum atomic E-state index is 0. The van der Waals surface area contributed by atoms with Gasteiger partial charge in [0, 0.05) is 135 Å². The van der Waals surface area contributed by atoms with Crippen molar-refractivity contribution in [1.29, 1.82) is 0 Å². The molecule has 3 radical (unpaired) electrons. The van der Waals surface area contributed by atoms with E-state index in [-0.39, 0.29) is 60.3 Å². The molecule has 0 fully saturated rings. The van der Waals surface area contributed by atoms with E-state index >= 15 is 0 Å². The van der Waals surface area contributed by atoms with Gasteiger partial charge in [-0.25, -0.2) is 0 Å². The number of furan rings is 1. The molecule has 10 nitrogen and oxygen atoms in total. The third kappa shape index (κ3) is 16.5. The Hall–Kier alpha value is -11.3. The molecule has 0 saturated heterocycles. The quantitative estimate of drug-likeness (QED) is 0.101. The van der Waals surface area contributed by atoms with Crippen LogP contribution in [0.1, 0.15) is 97.9 Å². The summed E-state index contributed by atoms with van der Waals surface area (Å²) in [4.78, 5) is 23.2. The van der Waals surface area contributed by atoms with Crippen molar-refractivity contribution in [2.75, 3.05) is 0 Å². The van der Waals surface area contributed by atoms with Gasteiger partial charge < -0.3 is 22.5 Å². The van der Waals surface area contributed by atoms with Crippen LogP contribution in [0, 0.1) is 121 Å². The Balaban J connectivity index is 0.000000142. The predicted molar refractivity (Wildman–Crippen MR) is 458 cm³/mol. The van der Waals surface area contributed by atoms with Crippen LogP contribution in [0.5, 0.6) is 0 Å². The van der Waals surface area contributed by atoms with E-state index in [0.717, 1.165) is 118 Å². The van der Waals surface area contributed by atoms with Crippen LogP contribution in [-0.4, -0.2) is 38.0 Å². The Morgan fingerprint density at radius 3 is 1.57 bits per heavy atom. The van der Waals surface area contributed by atoms with Gasteiger partial charge in [-0.2, -0.15) is 6.07 Å². The molecule has 114 heavy (non-hydrogen) atoms. The zero-order valence-electron chi connectivity index (χ0n) is 66.7. The summed E-state index contributed by atoms with van der Waals surface area (Å²) < 4.78 is 15.1. The van der Waals surface area contributed by atoms with Gasteiger partial charge in [-0.3, -0.25) is 24.8 Å². The molecular weight excluding hydrogens is 1930 g/mol. The van der Waals surface area contributed by atoms with E-state index in [9.17, 15) is 0 Å². The summed E-state index contributed by atoms with van der Waals surface area (Å²) in [5.74, 6) is 2.99. The van der Waals surface area contributed by atoms with Gasteiger partial charge >= 0.3 is 0 Å². The van der Waals surface area contributed by atoms with Gasteiger partial charge in [-0.15, -0.1) is 119 Å². The molecule has 0 bridgehead atoms. The first-order chi connectivity index (χ1) is 53.7. The van der Waals surface area contributed by atoms with E-state index in [0.29, 0.717) is 11.6 Å². The molecule has 13 heteroatoms. The first kappa shape index (κ1) is 82.2. The van der Waals surface area contributed by atoms with Crippen LogP contribution >= 0.6 is 0 Å². The Morgan fingerprint density at radius 1 is 0.412 bits per heavy atom. The normalized spacial score (nSPS) is 11.0. The summed E-state index contributed by atoms with van der Waals surface area (Å²) >= 11 is 0. The molecule has 0 atom stereocenters. The van der Waals surface area contributed by atoms with Crippen LogP contribution in [-0.2, 0) is 60.3 Å². The number of hydrogen-bond donors (Lipinski definition) is 0. The van der Waals surface area contributed by atoms with Gasteiger partial charge in [0.25, 0.3) is 0 Å². The Bertz CT molecular complexity index is 6550. The molecule has 0 unspecified atom stereocenters. The zero-order valence-corrected chi connectivity index (χ0v) is 73.9. The average molecular weight is 2020 g/mol. The van der Waals surface area contributed by atoms with Gasteiger partial charge in [0.05, 0.1) is 46.8 Å². The van der Waals surface area contributed by atoms with Crippen molar-refractivity contribution in [3.8, 4) is 84.9 Å². The number of rotatable bonds is 10. The first-order valence-electron chi connectivity index (χ1n) is 37.8. The van der Waals surface area contributed by atoms with Gasteiger partial charge in [-0.1, -0.05) is 174 Å². The number of fused-ring (bicyclic) bond motifs is 9. The maximum atomic E-state index is 7.47. The topological polar surface area (TPSA) is 88.3 Å². The van der Waals surface area contributed by atoms with Crippen molar-refractivity contribution < 1.29 is 64.7 Å². The maximum absolute atomic E-state index is 7.47. The van der Waals surface area contributed by atoms with Crippen LogP contribution in [0.3, 0.4) is 0 Å². The number of pyridine rings is 1. The van der Waals surface area contributed by atoms with Crippen LogP contribution in [0.4, 0.5) is 5.69 Å².